The first kappa shape index (κ1) is 24.5. The van der Waals surface area contributed by atoms with E-state index in [9.17, 15) is 9.59 Å². The van der Waals surface area contributed by atoms with E-state index in [4.69, 9.17) is 11.6 Å². The largest absolute Gasteiger partial charge is 0.333 e. The van der Waals surface area contributed by atoms with Crippen LogP contribution >= 0.6 is 11.6 Å². The van der Waals surface area contributed by atoms with Crippen LogP contribution in [0.5, 0.6) is 0 Å². The van der Waals surface area contributed by atoms with Gasteiger partial charge < -0.3 is 9.80 Å². The molecule has 2 aliphatic rings. The summed E-state index contributed by atoms with van der Waals surface area (Å²) in [6.45, 7) is 3.96. The third-order valence-corrected chi connectivity index (χ3v) is 7.11. The lowest BCUT2D eigenvalue weighted by Crippen LogP contribution is -2.38. The molecule has 7 heteroatoms. The number of nitrogens with zero attached hydrogens (tertiary/aromatic N) is 4. The van der Waals surface area contributed by atoms with Crippen LogP contribution in [0.15, 0.2) is 73.1 Å². The Morgan fingerprint density at radius 2 is 1.78 bits per heavy atom. The van der Waals surface area contributed by atoms with Crippen LogP contribution < -0.4 is 4.90 Å². The average Bonchev–Trinajstić information content (AvgIpc) is 3.75. The lowest BCUT2D eigenvalue weighted by atomic mass is 10.1. The summed E-state index contributed by atoms with van der Waals surface area (Å²) in [7, 11) is 0. The van der Waals surface area contributed by atoms with Gasteiger partial charge >= 0.3 is 0 Å². The van der Waals surface area contributed by atoms with E-state index in [1.165, 1.54) is 5.56 Å². The molecule has 0 saturated heterocycles. The summed E-state index contributed by atoms with van der Waals surface area (Å²) in [5.74, 6) is 0.191. The van der Waals surface area contributed by atoms with Gasteiger partial charge in [0.25, 0.3) is 5.91 Å². The summed E-state index contributed by atoms with van der Waals surface area (Å²) in [6, 6.07) is 19.6. The van der Waals surface area contributed by atoms with Crippen molar-refractivity contribution in [2.24, 2.45) is 5.92 Å². The Balaban J connectivity index is 1.48. The van der Waals surface area contributed by atoms with Crippen LogP contribution in [0.4, 0.5) is 5.69 Å². The van der Waals surface area contributed by atoms with Crippen molar-refractivity contribution in [3.05, 3.63) is 94.8 Å². The minimum Gasteiger partial charge on any atom is -0.333 e. The van der Waals surface area contributed by atoms with Gasteiger partial charge in [0.1, 0.15) is 0 Å². The molecule has 5 rings (SSSR count). The SMILES string of the molecule is O=C(c1cccnc1)N1CCN(Cc2ccccc2)CCCN(C(=O)C2CC2)c2cc(Cl)ccc2C1. The molecule has 0 spiro atoms. The standard InChI is InChI=1S/C29H31ClN4O2/c30-26-12-11-25-21-33(28(35)24-8-4-13-31-19-24)17-16-32(20-22-6-2-1-3-7-22)14-5-15-34(27(25)18-26)29(36)23-9-10-23/h1-4,6-8,11-13,18-19,23H,5,9-10,14-17,20-21H2. The Labute approximate surface area is 217 Å². The maximum absolute atomic E-state index is 13.6. The van der Waals surface area contributed by atoms with Crippen LogP contribution in [0, 0.1) is 5.92 Å². The van der Waals surface area contributed by atoms with Gasteiger partial charge in [-0.25, -0.2) is 0 Å². The van der Waals surface area contributed by atoms with Gasteiger partial charge in [-0.15, -0.1) is 0 Å². The second-order valence-corrected chi connectivity index (χ2v) is 10.1. The molecule has 1 fully saturated rings. The molecule has 2 aromatic carbocycles. The number of pyridine rings is 1. The molecule has 6 nitrogen and oxygen atoms in total. The number of hydrogen-bond donors (Lipinski definition) is 0. The van der Waals surface area contributed by atoms with E-state index in [0.29, 0.717) is 30.2 Å². The van der Waals surface area contributed by atoms with Gasteiger partial charge in [-0.1, -0.05) is 48.0 Å². The van der Waals surface area contributed by atoms with Gasteiger partial charge in [0.15, 0.2) is 0 Å². The zero-order valence-electron chi connectivity index (χ0n) is 20.4. The van der Waals surface area contributed by atoms with Crippen LogP contribution in [0.3, 0.4) is 0 Å². The van der Waals surface area contributed by atoms with Crippen LogP contribution in [-0.2, 0) is 17.9 Å². The van der Waals surface area contributed by atoms with Gasteiger partial charge in [-0.05, 0) is 54.7 Å². The third kappa shape index (κ3) is 5.94. The second kappa shape index (κ2) is 11.2. The molecule has 1 aliphatic carbocycles. The summed E-state index contributed by atoms with van der Waals surface area (Å²) in [4.78, 5) is 37.3. The van der Waals surface area contributed by atoms with Gasteiger partial charge in [0.2, 0.25) is 5.91 Å². The first-order valence-corrected chi connectivity index (χ1v) is 13.0. The van der Waals surface area contributed by atoms with Crippen molar-refractivity contribution in [2.45, 2.75) is 32.4 Å². The quantitative estimate of drug-likeness (QED) is 0.502. The zero-order valence-corrected chi connectivity index (χ0v) is 21.1. The molecule has 0 radical (unpaired) electrons. The number of rotatable bonds is 4. The summed E-state index contributed by atoms with van der Waals surface area (Å²) < 4.78 is 0. The topological polar surface area (TPSA) is 56.8 Å². The highest BCUT2D eigenvalue weighted by Gasteiger charge is 2.35. The van der Waals surface area contributed by atoms with Crippen LogP contribution in [0.2, 0.25) is 5.02 Å². The van der Waals surface area contributed by atoms with Crippen molar-refractivity contribution in [3.63, 3.8) is 0 Å². The van der Waals surface area contributed by atoms with Gasteiger partial charge in [-0.3, -0.25) is 19.5 Å². The number of amides is 2. The van der Waals surface area contributed by atoms with Gasteiger partial charge in [0, 0.05) is 62.6 Å². The minimum atomic E-state index is -0.0667. The van der Waals surface area contributed by atoms with Crippen molar-refractivity contribution in [3.8, 4) is 0 Å². The van der Waals surface area contributed by atoms with E-state index >= 15 is 0 Å². The van der Waals surface area contributed by atoms with Gasteiger partial charge in [0.05, 0.1) is 11.3 Å². The molecule has 1 saturated carbocycles. The molecule has 0 unspecified atom stereocenters. The number of benzene rings is 2. The van der Waals surface area contributed by atoms with Gasteiger partial charge in [-0.2, -0.15) is 0 Å². The fourth-order valence-electron chi connectivity index (χ4n) is 4.78. The highest BCUT2D eigenvalue weighted by molar-refractivity contribution is 6.31. The molecule has 0 atom stereocenters. The molecule has 1 aromatic heterocycles. The number of hydrogen-bond acceptors (Lipinski definition) is 4. The molecule has 2 amide bonds. The fraction of sp³-hybridized carbons (Fsp3) is 0.345. The normalized spacial score (nSPS) is 17.2. The molecule has 186 valence electrons. The van der Waals surface area contributed by atoms with Crippen molar-refractivity contribution in [2.75, 3.05) is 31.1 Å². The first-order valence-electron chi connectivity index (χ1n) is 12.6. The number of halogens is 1. The highest BCUT2D eigenvalue weighted by Crippen LogP contribution is 2.35. The Kier molecular flexibility index (Phi) is 7.63. The van der Waals surface area contributed by atoms with Crippen molar-refractivity contribution in [1.82, 2.24) is 14.8 Å². The van der Waals surface area contributed by atoms with E-state index in [0.717, 1.165) is 50.1 Å². The molecular weight excluding hydrogens is 472 g/mol. The monoisotopic (exact) mass is 502 g/mol. The molecule has 3 aromatic rings. The predicted molar refractivity (Wildman–Crippen MR) is 142 cm³/mol. The molecule has 2 heterocycles. The van der Waals surface area contributed by atoms with Crippen LogP contribution in [-0.4, -0.2) is 52.8 Å². The second-order valence-electron chi connectivity index (χ2n) is 9.62. The van der Waals surface area contributed by atoms with Crippen molar-refractivity contribution >= 4 is 29.1 Å². The van der Waals surface area contributed by atoms with Crippen LogP contribution in [0.25, 0.3) is 0 Å². The summed E-state index contributed by atoms with van der Waals surface area (Å²) in [6.07, 6.45) is 6.01. The number of aromatic nitrogens is 1. The average molecular weight is 503 g/mol. The Morgan fingerprint density at radius 3 is 2.53 bits per heavy atom. The maximum Gasteiger partial charge on any atom is 0.255 e. The lowest BCUT2D eigenvalue weighted by molar-refractivity contribution is -0.119. The Bertz CT molecular complexity index is 1200. The highest BCUT2D eigenvalue weighted by atomic mass is 35.5. The third-order valence-electron chi connectivity index (χ3n) is 6.88. The summed E-state index contributed by atoms with van der Waals surface area (Å²) in [5.41, 5.74) is 3.55. The lowest BCUT2D eigenvalue weighted by Gasteiger charge is -2.28. The van der Waals surface area contributed by atoms with Crippen molar-refractivity contribution < 1.29 is 9.59 Å². The minimum absolute atomic E-state index is 0.0667. The first-order chi connectivity index (χ1) is 17.6. The van der Waals surface area contributed by atoms with Crippen LogP contribution in [0.1, 0.15) is 40.7 Å². The smallest absolute Gasteiger partial charge is 0.255 e. The number of carbonyl (C=O) groups excluding carboxylic acids is 2. The van der Waals surface area contributed by atoms with Crippen molar-refractivity contribution in [1.29, 1.82) is 0 Å². The molecule has 36 heavy (non-hydrogen) atoms. The fourth-order valence-corrected chi connectivity index (χ4v) is 4.94. The Hall–Kier alpha value is -3.22. The van der Waals surface area contributed by atoms with E-state index < -0.39 is 0 Å². The molecule has 0 bridgehead atoms. The maximum atomic E-state index is 13.6. The number of fused-ring (bicyclic) bond motifs is 1. The molecular formula is C29H31ClN4O2. The van der Waals surface area contributed by atoms with E-state index in [1.807, 2.05) is 34.1 Å². The predicted octanol–water partition coefficient (Wildman–Crippen LogP) is 5.03. The number of carbonyl (C=O) groups is 2. The van der Waals surface area contributed by atoms with E-state index in [1.54, 1.807) is 24.5 Å². The van der Waals surface area contributed by atoms with E-state index in [-0.39, 0.29) is 17.7 Å². The summed E-state index contributed by atoms with van der Waals surface area (Å²) in [5, 5.41) is 0.591. The number of anilines is 1. The summed E-state index contributed by atoms with van der Waals surface area (Å²) >= 11 is 6.41. The molecule has 0 N–H and O–H groups in total. The molecule has 1 aliphatic heterocycles. The Morgan fingerprint density at radius 1 is 0.944 bits per heavy atom. The van der Waals surface area contributed by atoms with E-state index in [2.05, 4.69) is 34.1 Å². The zero-order chi connectivity index (χ0) is 24.9.